The van der Waals surface area contributed by atoms with Gasteiger partial charge in [-0.1, -0.05) is 11.6 Å². The van der Waals surface area contributed by atoms with Crippen LogP contribution in [0.1, 0.15) is 12.5 Å². The Labute approximate surface area is 123 Å². The van der Waals surface area contributed by atoms with Crippen molar-refractivity contribution < 1.29 is 0 Å². The maximum atomic E-state index is 9.04. The van der Waals surface area contributed by atoms with Crippen LogP contribution in [0.2, 0.25) is 0 Å². The lowest BCUT2D eigenvalue weighted by Gasteiger charge is -2.36. The minimum atomic E-state index is 0.176. The average Bonchev–Trinajstić information content (AvgIpc) is 2.46. The molecule has 1 aliphatic heterocycles. The Bertz CT molecular complexity index is 657. The standard InChI is InChI=1S/C14H18ClN5/c1-9-8-19-4-5-20(9)14(18)12-6-10(7-16)2-3-11(12)13(15)17/h2-3,6,9,19H,4-5,8,17-18H2,1H3/b13-11-,14-12+/t9-/m1/s1. The van der Waals surface area contributed by atoms with Crippen LogP contribution >= 0.6 is 11.6 Å². The van der Waals surface area contributed by atoms with E-state index in [0.717, 1.165) is 19.6 Å². The van der Waals surface area contributed by atoms with Gasteiger partial charge >= 0.3 is 0 Å². The van der Waals surface area contributed by atoms with Crippen molar-refractivity contribution in [1.29, 1.82) is 5.26 Å². The summed E-state index contributed by atoms with van der Waals surface area (Å²) in [5.41, 5.74) is 12.5. The molecule has 2 rings (SSSR count). The van der Waals surface area contributed by atoms with Gasteiger partial charge in [0.1, 0.15) is 11.0 Å². The molecular weight excluding hydrogens is 274 g/mol. The normalized spacial score (nSPS) is 22.1. The highest BCUT2D eigenvalue weighted by molar-refractivity contribution is 6.44. The molecule has 0 bridgehead atoms. The summed E-state index contributed by atoms with van der Waals surface area (Å²) in [4.78, 5) is 2.11. The van der Waals surface area contributed by atoms with Crippen molar-refractivity contribution in [2.24, 2.45) is 11.5 Å². The van der Waals surface area contributed by atoms with E-state index in [1.54, 1.807) is 18.2 Å². The second-order valence-corrected chi connectivity index (χ2v) is 5.26. The largest absolute Gasteiger partial charge is 0.389 e. The molecule has 0 aromatic heterocycles. The Morgan fingerprint density at radius 3 is 2.80 bits per heavy atom. The molecule has 0 saturated carbocycles. The van der Waals surface area contributed by atoms with Gasteiger partial charge in [0.2, 0.25) is 0 Å². The number of nitrogens with one attached hydrogen (secondary N) is 1. The highest BCUT2D eigenvalue weighted by Crippen LogP contribution is 2.07. The zero-order chi connectivity index (χ0) is 14.7. The molecule has 20 heavy (non-hydrogen) atoms. The second-order valence-electron chi connectivity index (χ2n) is 4.85. The third kappa shape index (κ3) is 2.82. The summed E-state index contributed by atoms with van der Waals surface area (Å²) in [6.07, 6.45) is 0. The lowest BCUT2D eigenvalue weighted by atomic mass is 10.1. The third-order valence-electron chi connectivity index (χ3n) is 3.49. The lowest BCUT2D eigenvalue weighted by molar-refractivity contribution is 0.254. The van der Waals surface area contributed by atoms with Crippen LogP contribution in [0.3, 0.4) is 0 Å². The molecule has 0 unspecified atom stereocenters. The fourth-order valence-electron chi connectivity index (χ4n) is 2.39. The molecule has 5 nitrogen and oxygen atoms in total. The summed E-state index contributed by atoms with van der Waals surface area (Å²) in [6.45, 7) is 4.65. The Hall–Kier alpha value is -1.90. The first-order valence-corrected chi connectivity index (χ1v) is 6.85. The molecular formula is C14H18ClN5. The maximum Gasteiger partial charge on any atom is 0.107 e. The van der Waals surface area contributed by atoms with Crippen LogP contribution in [0.25, 0.3) is 11.0 Å². The number of nitrogens with zero attached hydrogens (tertiary/aromatic N) is 2. The van der Waals surface area contributed by atoms with Crippen molar-refractivity contribution in [3.63, 3.8) is 0 Å². The van der Waals surface area contributed by atoms with Gasteiger partial charge in [-0.05, 0) is 25.1 Å². The van der Waals surface area contributed by atoms with Gasteiger partial charge in [-0.15, -0.1) is 0 Å². The van der Waals surface area contributed by atoms with Crippen LogP contribution in [-0.2, 0) is 0 Å². The smallest absolute Gasteiger partial charge is 0.107 e. The summed E-state index contributed by atoms with van der Waals surface area (Å²) in [5, 5.41) is 13.9. The fraction of sp³-hybridized carbons (Fsp3) is 0.357. The monoisotopic (exact) mass is 291 g/mol. The van der Waals surface area contributed by atoms with Crippen molar-refractivity contribution in [2.75, 3.05) is 19.6 Å². The molecule has 1 aliphatic rings. The van der Waals surface area contributed by atoms with Crippen LogP contribution < -0.4 is 27.2 Å². The van der Waals surface area contributed by atoms with Crippen LogP contribution in [0.15, 0.2) is 18.2 Å². The van der Waals surface area contributed by atoms with Crippen LogP contribution in [0, 0.1) is 11.3 Å². The molecule has 6 heteroatoms. The highest BCUT2D eigenvalue weighted by atomic mass is 35.5. The molecule has 0 amide bonds. The van der Waals surface area contributed by atoms with E-state index in [4.69, 9.17) is 28.3 Å². The molecule has 1 atom stereocenters. The van der Waals surface area contributed by atoms with E-state index in [-0.39, 0.29) is 11.2 Å². The van der Waals surface area contributed by atoms with Crippen LogP contribution in [-0.4, -0.2) is 30.6 Å². The Morgan fingerprint density at radius 2 is 2.20 bits per heavy atom. The number of rotatable bonds is 1. The van der Waals surface area contributed by atoms with Crippen molar-refractivity contribution >= 4 is 22.6 Å². The van der Waals surface area contributed by atoms with Crippen molar-refractivity contribution in [3.8, 4) is 6.07 Å². The topological polar surface area (TPSA) is 91.1 Å². The predicted octanol–water partition coefficient (Wildman–Crippen LogP) is -0.860. The lowest BCUT2D eigenvalue weighted by Crippen LogP contribution is -2.52. The summed E-state index contributed by atoms with van der Waals surface area (Å²) in [6, 6.07) is 7.53. The van der Waals surface area contributed by atoms with Gasteiger partial charge in [0, 0.05) is 36.1 Å². The van der Waals surface area contributed by atoms with E-state index in [0.29, 0.717) is 21.8 Å². The predicted molar refractivity (Wildman–Crippen MR) is 80.5 cm³/mol. The Balaban J connectivity index is 2.68. The van der Waals surface area contributed by atoms with Crippen LogP contribution in [0.5, 0.6) is 0 Å². The molecule has 1 saturated heterocycles. The van der Waals surface area contributed by atoms with Gasteiger partial charge in [0.25, 0.3) is 0 Å². The van der Waals surface area contributed by atoms with Crippen molar-refractivity contribution in [2.45, 2.75) is 13.0 Å². The minimum absolute atomic E-state index is 0.176. The molecule has 1 aromatic rings. The molecule has 1 aromatic carbocycles. The van der Waals surface area contributed by atoms with E-state index in [1.165, 1.54) is 0 Å². The average molecular weight is 292 g/mol. The van der Waals surface area contributed by atoms with Gasteiger partial charge in [-0.3, -0.25) is 0 Å². The second kappa shape index (κ2) is 6.04. The molecule has 1 fully saturated rings. The van der Waals surface area contributed by atoms with Gasteiger partial charge in [0.05, 0.1) is 11.6 Å². The van der Waals surface area contributed by atoms with Crippen LogP contribution in [0.4, 0.5) is 0 Å². The number of piperazine rings is 1. The van der Waals surface area contributed by atoms with E-state index in [1.807, 2.05) is 0 Å². The first-order chi connectivity index (χ1) is 9.54. The number of benzene rings is 1. The van der Waals surface area contributed by atoms with Gasteiger partial charge in [-0.25, -0.2) is 0 Å². The fourth-order valence-corrected chi connectivity index (χ4v) is 2.55. The first-order valence-electron chi connectivity index (χ1n) is 6.47. The zero-order valence-electron chi connectivity index (χ0n) is 11.4. The molecule has 5 N–H and O–H groups in total. The number of nitriles is 1. The third-order valence-corrected chi connectivity index (χ3v) is 3.70. The number of hydrogen-bond donors (Lipinski definition) is 3. The SMILES string of the molecule is C[C@@H]1CNCCN1/C(N)=c1\cc(C#N)cc\c1=C(\N)Cl. The van der Waals surface area contributed by atoms with Gasteiger partial charge < -0.3 is 21.7 Å². The minimum Gasteiger partial charge on any atom is -0.389 e. The molecule has 0 aliphatic carbocycles. The van der Waals surface area contributed by atoms with Crippen molar-refractivity contribution in [3.05, 3.63) is 34.2 Å². The number of hydrogen-bond acceptors (Lipinski definition) is 5. The van der Waals surface area contributed by atoms with E-state index < -0.39 is 0 Å². The summed E-state index contributed by atoms with van der Waals surface area (Å²) >= 11 is 5.94. The summed E-state index contributed by atoms with van der Waals surface area (Å²) in [7, 11) is 0. The van der Waals surface area contributed by atoms with Crippen molar-refractivity contribution in [1.82, 2.24) is 10.2 Å². The molecule has 0 spiro atoms. The van der Waals surface area contributed by atoms with Gasteiger partial charge in [0.15, 0.2) is 0 Å². The van der Waals surface area contributed by atoms with E-state index >= 15 is 0 Å². The first kappa shape index (κ1) is 14.5. The Morgan fingerprint density at radius 1 is 1.45 bits per heavy atom. The number of nitrogens with two attached hydrogens (primary N) is 2. The highest BCUT2D eigenvalue weighted by Gasteiger charge is 2.19. The molecule has 1 heterocycles. The summed E-state index contributed by atoms with van der Waals surface area (Å²) < 4.78 is 0. The Kier molecular flexibility index (Phi) is 4.38. The zero-order valence-corrected chi connectivity index (χ0v) is 12.1. The maximum absolute atomic E-state index is 9.04. The quantitative estimate of drug-likeness (QED) is 0.586. The van der Waals surface area contributed by atoms with E-state index in [2.05, 4.69) is 23.2 Å². The molecule has 0 radical (unpaired) electrons. The van der Waals surface area contributed by atoms with Gasteiger partial charge in [-0.2, -0.15) is 5.26 Å². The summed E-state index contributed by atoms with van der Waals surface area (Å²) in [5.74, 6) is 0.606. The number of halogens is 1. The van der Waals surface area contributed by atoms with E-state index in [9.17, 15) is 0 Å². The molecule has 106 valence electrons.